The molecule has 0 atom stereocenters. The number of pyridine rings is 1. The first-order valence-electron chi connectivity index (χ1n) is 4.48. The summed E-state index contributed by atoms with van der Waals surface area (Å²) >= 11 is 4.09. The molecule has 0 bridgehead atoms. The molecule has 0 radical (unpaired) electrons. The molecule has 1 aromatic heterocycles. The average molecular weight is 205 g/mol. The Bertz CT molecular complexity index is 430. The Labute approximate surface area is 88.3 Å². The largest absolute Gasteiger partial charge is 0.493 e. The van der Waals surface area contributed by atoms with E-state index in [1.807, 2.05) is 30.3 Å². The van der Waals surface area contributed by atoms with Gasteiger partial charge in [0.1, 0.15) is 5.75 Å². The van der Waals surface area contributed by atoms with E-state index >= 15 is 0 Å². The van der Waals surface area contributed by atoms with Crippen molar-refractivity contribution in [1.29, 1.82) is 0 Å². The lowest BCUT2D eigenvalue weighted by Crippen LogP contribution is -1.97. The third-order valence-electron chi connectivity index (χ3n) is 1.93. The summed E-state index contributed by atoms with van der Waals surface area (Å²) in [5.41, 5.74) is 0.991. The Morgan fingerprint density at radius 1 is 1.29 bits per heavy atom. The van der Waals surface area contributed by atoms with Crippen LogP contribution in [0.4, 0.5) is 0 Å². The van der Waals surface area contributed by atoms with Crippen LogP contribution in [0, 0.1) is 0 Å². The highest BCUT2D eigenvalue weighted by molar-refractivity contribution is 7.80. The van der Waals surface area contributed by atoms with Crippen molar-refractivity contribution in [2.24, 2.45) is 0 Å². The molecule has 72 valence electrons. The van der Waals surface area contributed by atoms with Crippen molar-refractivity contribution in [3.63, 3.8) is 0 Å². The van der Waals surface area contributed by atoms with Crippen molar-refractivity contribution in [1.82, 2.24) is 4.98 Å². The summed E-state index contributed by atoms with van der Waals surface area (Å²) in [6.45, 7) is 0.634. The third-order valence-corrected chi connectivity index (χ3v) is 2.12. The molecule has 1 aromatic carbocycles. The van der Waals surface area contributed by atoms with Crippen LogP contribution in [-0.2, 0) is 0 Å². The first kappa shape index (κ1) is 9.34. The Kier molecular flexibility index (Phi) is 2.89. The summed E-state index contributed by atoms with van der Waals surface area (Å²) in [5.74, 6) is 1.60. The Morgan fingerprint density at radius 3 is 3.07 bits per heavy atom. The molecule has 2 aromatic rings. The van der Waals surface area contributed by atoms with Crippen LogP contribution in [0.5, 0.6) is 5.75 Å². The topological polar surface area (TPSA) is 22.1 Å². The molecule has 0 aliphatic heterocycles. The number of ether oxygens (including phenoxy) is 1. The monoisotopic (exact) mass is 205 g/mol. The molecule has 0 saturated carbocycles. The summed E-state index contributed by atoms with van der Waals surface area (Å²) in [6.07, 6.45) is 1.79. The van der Waals surface area contributed by atoms with Crippen LogP contribution in [0.15, 0.2) is 36.5 Å². The molecule has 14 heavy (non-hydrogen) atoms. The molecule has 0 aliphatic rings. The number of nitrogens with zero attached hydrogens (tertiary/aromatic N) is 1. The number of fused-ring (bicyclic) bond motifs is 1. The number of rotatable bonds is 3. The van der Waals surface area contributed by atoms with Crippen molar-refractivity contribution in [2.45, 2.75) is 0 Å². The van der Waals surface area contributed by atoms with Gasteiger partial charge in [-0.15, -0.1) is 0 Å². The maximum Gasteiger partial charge on any atom is 0.120 e. The molecule has 3 heteroatoms. The normalized spacial score (nSPS) is 10.4. The van der Waals surface area contributed by atoms with E-state index < -0.39 is 0 Å². The van der Waals surface area contributed by atoms with Crippen molar-refractivity contribution in [3.05, 3.63) is 36.5 Å². The Hall–Kier alpha value is -1.22. The van der Waals surface area contributed by atoms with Gasteiger partial charge in [-0.1, -0.05) is 6.07 Å². The lowest BCUT2D eigenvalue weighted by Gasteiger charge is -2.04. The van der Waals surface area contributed by atoms with Crippen molar-refractivity contribution >= 4 is 23.5 Å². The molecule has 2 nitrogen and oxygen atoms in total. The fraction of sp³-hybridized carbons (Fsp3) is 0.182. The number of benzene rings is 1. The van der Waals surface area contributed by atoms with Gasteiger partial charge in [0.2, 0.25) is 0 Å². The van der Waals surface area contributed by atoms with Gasteiger partial charge < -0.3 is 4.74 Å². The summed E-state index contributed by atoms with van der Waals surface area (Å²) < 4.78 is 5.46. The summed E-state index contributed by atoms with van der Waals surface area (Å²) in [7, 11) is 0. The summed E-state index contributed by atoms with van der Waals surface area (Å²) in [6, 6.07) is 9.83. The molecule has 0 N–H and O–H groups in total. The van der Waals surface area contributed by atoms with Crippen LogP contribution in [0.1, 0.15) is 0 Å². The molecule has 0 saturated heterocycles. The second-order valence-electron chi connectivity index (χ2n) is 2.93. The number of aromatic nitrogens is 1. The lowest BCUT2D eigenvalue weighted by molar-refractivity contribution is 0.345. The van der Waals surface area contributed by atoms with Gasteiger partial charge in [-0.25, -0.2) is 0 Å². The Morgan fingerprint density at radius 2 is 2.21 bits per heavy atom. The van der Waals surface area contributed by atoms with Crippen LogP contribution in [0.2, 0.25) is 0 Å². The van der Waals surface area contributed by atoms with E-state index in [-0.39, 0.29) is 0 Å². The maximum absolute atomic E-state index is 5.46. The van der Waals surface area contributed by atoms with Crippen LogP contribution >= 0.6 is 12.6 Å². The van der Waals surface area contributed by atoms with E-state index in [1.165, 1.54) is 0 Å². The first-order valence-corrected chi connectivity index (χ1v) is 5.12. The Balaban J connectivity index is 2.32. The zero-order valence-corrected chi connectivity index (χ0v) is 8.58. The van der Waals surface area contributed by atoms with E-state index in [2.05, 4.69) is 17.6 Å². The molecule has 1 heterocycles. The van der Waals surface area contributed by atoms with Gasteiger partial charge in [-0.05, 0) is 24.3 Å². The van der Waals surface area contributed by atoms with E-state index in [1.54, 1.807) is 6.20 Å². The molecular formula is C11H11NOS. The highest BCUT2D eigenvalue weighted by atomic mass is 32.1. The molecule has 0 fully saturated rings. The third kappa shape index (κ3) is 1.99. The molecular weight excluding hydrogens is 194 g/mol. The average Bonchev–Trinajstić information content (AvgIpc) is 2.26. The molecule has 0 aliphatic carbocycles. The number of hydrogen-bond donors (Lipinski definition) is 1. The zero-order chi connectivity index (χ0) is 9.80. The molecule has 0 unspecified atom stereocenters. The quantitative estimate of drug-likeness (QED) is 0.778. The first-order chi connectivity index (χ1) is 6.90. The van der Waals surface area contributed by atoms with Crippen LogP contribution < -0.4 is 4.74 Å². The van der Waals surface area contributed by atoms with Gasteiger partial charge in [0, 0.05) is 17.3 Å². The van der Waals surface area contributed by atoms with Crippen LogP contribution in [-0.4, -0.2) is 17.3 Å². The number of thiol groups is 1. The van der Waals surface area contributed by atoms with E-state index in [4.69, 9.17) is 4.74 Å². The van der Waals surface area contributed by atoms with Crippen molar-refractivity contribution < 1.29 is 4.74 Å². The number of hydrogen-bond acceptors (Lipinski definition) is 3. The second kappa shape index (κ2) is 4.33. The van der Waals surface area contributed by atoms with Crippen LogP contribution in [0.3, 0.4) is 0 Å². The van der Waals surface area contributed by atoms with E-state index in [9.17, 15) is 0 Å². The minimum Gasteiger partial charge on any atom is -0.493 e. The predicted octanol–water partition coefficient (Wildman–Crippen LogP) is 2.54. The standard InChI is InChI=1S/C11H11NOS/c14-7-6-13-10-3-4-11-9(8-10)2-1-5-12-11/h1-5,8,14H,6-7H2. The highest BCUT2D eigenvalue weighted by Crippen LogP contribution is 2.18. The minimum absolute atomic E-state index is 0.634. The fourth-order valence-corrected chi connectivity index (χ4v) is 1.40. The highest BCUT2D eigenvalue weighted by Gasteiger charge is 1.96. The minimum atomic E-state index is 0.634. The van der Waals surface area contributed by atoms with Gasteiger partial charge in [-0.2, -0.15) is 12.6 Å². The SMILES string of the molecule is SCCOc1ccc2ncccc2c1. The van der Waals surface area contributed by atoms with Gasteiger partial charge in [0.05, 0.1) is 12.1 Å². The molecule has 0 amide bonds. The van der Waals surface area contributed by atoms with Gasteiger partial charge >= 0.3 is 0 Å². The van der Waals surface area contributed by atoms with Gasteiger partial charge in [0.25, 0.3) is 0 Å². The van der Waals surface area contributed by atoms with Gasteiger partial charge in [0.15, 0.2) is 0 Å². The van der Waals surface area contributed by atoms with Crippen molar-refractivity contribution in [3.8, 4) is 5.75 Å². The van der Waals surface area contributed by atoms with Crippen LogP contribution in [0.25, 0.3) is 10.9 Å². The molecule has 2 rings (SSSR count). The predicted molar refractivity (Wildman–Crippen MR) is 61.1 cm³/mol. The zero-order valence-electron chi connectivity index (χ0n) is 7.68. The maximum atomic E-state index is 5.46. The van der Waals surface area contributed by atoms with E-state index in [0.717, 1.165) is 22.4 Å². The van der Waals surface area contributed by atoms with Crippen molar-refractivity contribution in [2.75, 3.05) is 12.4 Å². The smallest absolute Gasteiger partial charge is 0.120 e. The molecule has 0 spiro atoms. The summed E-state index contributed by atoms with van der Waals surface area (Å²) in [5, 5.41) is 1.10. The van der Waals surface area contributed by atoms with E-state index in [0.29, 0.717) is 6.61 Å². The second-order valence-corrected chi connectivity index (χ2v) is 3.38. The summed E-state index contributed by atoms with van der Waals surface area (Å²) in [4.78, 5) is 4.23. The lowest BCUT2D eigenvalue weighted by atomic mass is 10.2. The fourth-order valence-electron chi connectivity index (χ4n) is 1.31. The van der Waals surface area contributed by atoms with Gasteiger partial charge in [-0.3, -0.25) is 4.98 Å².